The summed E-state index contributed by atoms with van der Waals surface area (Å²) in [7, 11) is 0. The number of nitrogens with one attached hydrogen (secondary N) is 1. The minimum atomic E-state index is -0.864. The van der Waals surface area contributed by atoms with Crippen LogP contribution in [0.5, 0.6) is 11.6 Å². The maximum absolute atomic E-state index is 13.4. The van der Waals surface area contributed by atoms with E-state index in [2.05, 4.69) is 15.4 Å². The molecule has 0 amide bonds. The van der Waals surface area contributed by atoms with Crippen LogP contribution in [0, 0.1) is 15.9 Å². The highest BCUT2D eigenvalue weighted by Crippen LogP contribution is 2.31. The molecular weight excluding hydrogens is 257 g/mol. The van der Waals surface area contributed by atoms with E-state index in [-0.39, 0.29) is 17.4 Å². The zero-order chi connectivity index (χ0) is 13.8. The Kier molecular flexibility index (Phi) is 3.48. The Balaban J connectivity index is 2.38. The molecule has 2 rings (SSSR count). The first kappa shape index (κ1) is 12.6. The summed E-state index contributed by atoms with van der Waals surface area (Å²) < 4.78 is 18.5. The predicted octanol–water partition coefficient (Wildman–Crippen LogP) is 1.60. The van der Waals surface area contributed by atoms with Crippen LogP contribution in [-0.4, -0.2) is 14.9 Å². The molecule has 0 saturated carbocycles. The van der Waals surface area contributed by atoms with Crippen LogP contribution >= 0.6 is 0 Å². The Bertz CT molecular complexity index is 622. The Morgan fingerprint density at radius 3 is 2.84 bits per heavy atom. The van der Waals surface area contributed by atoms with E-state index in [1.54, 1.807) is 0 Å². The fourth-order valence-electron chi connectivity index (χ4n) is 1.29. The van der Waals surface area contributed by atoms with Crippen molar-refractivity contribution < 1.29 is 14.1 Å². The van der Waals surface area contributed by atoms with Crippen LogP contribution in [0.15, 0.2) is 30.5 Å². The Hall–Kier alpha value is -2.81. The molecule has 0 aliphatic carbocycles. The van der Waals surface area contributed by atoms with Gasteiger partial charge in [-0.3, -0.25) is 15.5 Å². The second-order valence-electron chi connectivity index (χ2n) is 3.32. The van der Waals surface area contributed by atoms with Gasteiger partial charge in [-0.15, -0.1) is 0 Å². The van der Waals surface area contributed by atoms with Crippen molar-refractivity contribution in [3.63, 3.8) is 0 Å². The van der Waals surface area contributed by atoms with E-state index in [9.17, 15) is 14.5 Å². The van der Waals surface area contributed by atoms with E-state index in [0.717, 1.165) is 6.20 Å². The van der Waals surface area contributed by atoms with Crippen LogP contribution in [0.1, 0.15) is 0 Å². The quantitative estimate of drug-likeness (QED) is 0.490. The van der Waals surface area contributed by atoms with Crippen LogP contribution < -0.4 is 16.0 Å². The van der Waals surface area contributed by atoms with Crippen molar-refractivity contribution >= 4 is 11.6 Å². The topological polar surface area (TPSA) is 116 Å². The maximum atomic E-state index is 13.4. The number of para-hydroxylation sites is 2. The number of ether oxygens (including phenoxy) is 1. The van der Waals surface area contributed by atoms with E-state index in [0.29, 0.717) is 0 Å². The SMILES string of the molecule is NNc1ncc(F)c(Oc2ccccc2[N+](=O)[O-])n1. The lowest BCUT2D eigenvalue weighted by molar-refractivity contribution is -0.385. The average Bonchev–Trinajstić information content (AvgIpc) is 2.41. The predicted molar refractivity (Wildman–Crippen MR) is 63.0 cm³/mol. The number of hydrogen-bond donors (Lipinski definition) is 2. The summed E-state index contributed by atoms with van der Waals surface area (Å²) in [6, 6.07) is 5.55. The smallest absolute Gasteiger partial charge is 0.311 e. The van der Waals surface area contributed by atoms with Gasteiger partial charge in [0.25, 0.3) is 5.88 Å². The number of nitrogen functional groups attached to an aromatic ring is 1. The molecule has 2 aromatic rings. The summed E-state index contributed by atoms with van der Waals surface area (Å²) in [6.07, 6.45) is 0.840. The Morgan fingerprint density at radius 2 is 2.16 bits per heavy atom. The first-order valence-electron chi connectivity index (χ1n) is 5.02. The lowest BCUT2D eigenvalue weighted by Crippen LogP contribution is -2.11. The Labute approximate surface area is 106 Å². The number of rotatable bonds is 4. The van der Waals surface area contributed by atoms with E-state index >= 15 is 0 Å². The number of hydrogen-bond acceptors (Lipinski definition) is 7. The van der Waals surface area contributed by atoms with Gasteiger partial charge in [0.2, 0.25) is 17.5 Å². The number of nitro benzene ring substituents is 1. The number of halogens is 1. The summed E-state index contributed by atoms with van der Waals surface area (Å²) in [4.78, 5) is 17.3. The van der Waals surface area contributed by atoms with Gasteiger partial charge in [0.1, 0.15) is 0 Å². The molecule has 0 unspecified atom stereocenters. The van der Waals surface area contributed by atoms with Gasteiger partial charge in [-0.25, -0.2) is 10.8 Å². The molecular formula is C10H8FN5O3. The summed E-state index contributed by atoms with van der Waals surface area (Å²) in [5.41, 5.74) is 1.81. The Morgan fingerprint density at radius 1 is 1.42 bits per heavy atom. The van der Waals surface area contributed by atoms with Crippen LogP contribution in [-0.2, 0) is 0 Å². The van der Waals surface area contributed by atoms with E-state index in [1.165, 1.54) is 24.3 Å². The van der Waals surface area contributed by atoms with Crippen molar-refractivity contribution in [1.82, 2.24) is 9.97 Å². The van der Waals surface area contributed by atoms with E-state index < -0.39 is 16.6 Å². The third-order valence-electron chi connectivity index (χ3n) is 2.11. The third-order valence-corrected chi connectivity index (χ3v) is 2.11. The zero-order valence-electron chi connectivity index (χ0n) is 9.41. The monoisotopic (exact) mass is 265 g/mol. The fourth-order valence-corrected chi connectivity index (χ4v) is 1.29. The lowest BCUT2D eigenvalue weighted by atomic mass is 10.3. The molecule has 1 aromatic heterocycles. The number of nitrogens with zero attached hydrogens (tertiary/aromatic N) is 3. The van der Waals surface area contributed by atoms with Gasteiger partial charge in [-0.05, 0) is 6.07 Å². The molecule has 0 radical (unpaired) electrons. The number of nitro groups is 1. The zero-order valence-corrected chi connectivity index (χ0v) is 9.41. The highest BCUT2D eigenvalue weighted by atomic mass is 19.1. The van der Waals surface area contributed by atoms with Crippen LogP contribution in [0.4, 0.5) is 16.0 Å². The van der Waals surface area contributed by atoms with Crippen molar-refractivity contribution in [2.75, 3.05) is 5.43 Å². The van der Waals surface area contributed by atoms with Crippen molar-refractivity contribution in [2.24, 2.45) is 5.84 Å². The standard InChI is InChI=1S/C10H8FN5O3/c11-6-5-13-10(15-12)14-9(6)19-8-4-2-1-3-7(8)16(17)18/h1-5H,12H2,(H,13,14,15). The summed E-state index contributed by atoms with van der Waals surface area (Å²) in [6.45, 7) is 0. The molecule has 0 atom stereocenters. The number of benzene rings is 1. The molecule has 0 saturated heterocycles. The van der Waals surface area contributed by atoms with Crippen molar-refractivity contribution in [1.29, 1.82) is 0 Å². The average molecular weight is 265 g/mol. The molecule has 1 heterocycles. The van der Waals surface area contributed by atoms with Gasteiger partial charge < -0.3 is 4.74 Å². The first-order chi connectivity index (χ1) is 9.11. The van der Waals surface area contributed by atoms with Gasteiger partial charge in [0.05, 0.1) is 11.1 Å². The molecule has 98 valence electrons. The fraction of sp³-hybridized carbons (Fsp3) is 0. The minimum absolute atomic E-state index is 0.0741. The third kappa shape index (κ3) is 2.72. The molecule has 19 heavy (non-hydrogen) atoms. The van der Waals surface area contributed by atoms with Crippen molar-refractivity contribution in [3.8, 4) is 11.6 Å². The van der Waals surface area contributed by atoms with Crippen molar-refractivity contribution in [3.05, 3.63) is 46.4 Å². The highest BCUT2D eigenvalue weighted by Gasteiger charge is 2.17. The van der Waals surface area contributed by atoms with Crippen LogP contribution in [0.3, 0.4) is 0 Å². The molecule has 0 fully saturated rings. The highest BCUT2D eigenvalue weighted by molar-refractivity contribution is 5.47. The first-order valence-corrected chi connectivity index (χ1v) is 5.02. The molecule has 0 bridgehead atoms. The summed E-state index contributed by atoms with van der Waals surface area (Å²) in [5.74, 6) is 3.55. The molecule has 0 spiro atoms. The van der Waals surface area contributed by atoms with Crippen LogP contribution in [0.2, 0.25) is 0 Å². The maximum Gasteiger partial charge on any atom is 0.311 e. The molecule has 8 nitrogen and oxygen atoms in total. The normalized spacial score (nSPS) is 10.0. The van der Waals surface area contributed by atoms with Gasteiger partial charge in [-0.2, -0.15) is 9.37 Å². The van der Waals surface area contributed by atoms with Gasteiger partial charge >= 0.3 is 5.69 Å². The molecule has 3 N–H and O–H groups in total. The number of anilines is 1. The van der Waals surface area contributed by atoms with E-state index in [4.69, 9.17) is 10.6 Å². The number of nitrogens with two attached hydrogens (primary N) is 1. The largest absolute Gasteiger partial charge is 0.429 e. The molecule has 1 aromatic carbocycles. The lowest BCUT2D eigenvalue weighted by Gasteiger charge is -2.06. The molecule has 0 aliphatic heterocycles. The van der Waals surface area contributed by atoms with E-state index in [1.807, 2.05) is 0 Å². The second-order valence-corrected chi connectivity index (χ2v) is 3.32. The minimum Gasteiger partial charge on any atom is -0.429 e. The second kappa shape index (κ2) is 5.23. The summed E-state index contributed by atoms with van der Waals surface area (Å²) in [5, 5.41) is 10.8. The van der Waals surface area contributed by atoms with Crippen LogP contribution in [0.25, 0.3) is 0 Å². The summed E-state index contributed by atoms with van der Waals surface area (Å²) >= 11 is 0. The molecule has 9 heteroatoms. The van der Waals surface area contributed by atoms with Gasteiger partial charge in [0, 0.05) is 6.07 Å². The number of hydrazine groups is 1. The van der Waals surface area contributed by atoms with Gasteiger partial charge in [-0.1, -0.05) is 12.1 Å². The number of aromatic nitrogens is 2. The molecule has 0 aliphatic rings. The van der Waals surface area contributed by atoms with Gasteiger partial charge in [0.15, 0.2) is 0 Å². The van der Waals surface area contributed by atoms with Crippen molar-refractivity contribution in [2.45, 2.75) is 0 Å².